The van der Waals surface area contributed by atoms with E-state index in [1.165, 1.54) is 23.5 Å². The van der Waals surface area contributed by atoms with Crippen LogP contribution in [0.4, 0.5) is 10.1 Å². The summed E-state index contributed by atoms with van der Waals surface area (Å²) in [6.45, 7) is 6.34. The molecular formula is C24H30ClFN4O3S. The van der Waals surface area contributed by atoms with Crippen LogP contribution in [-0.2, 0) is 34.5 Å². The van der Waals surface area contributed by atoms with E-state index in [0.29, 0.717) is 26.1 Å². The lowest BCUT2D eigenvalue weighted by Crippen LogP contribution is -2.53. The van der Waals surface area contributed by atoms with E-state index in [0.717, 1.165) is 27.7 Å². The molecule has 4 rings (SSSR count). The molecule has 7 nitrogen and oxygen atoms in total. The van der Waals surface area contributed by atoms with Crippen LogP contribution >= 0.6 is 11.6 Å². The molecule has 0 N–H and O–H groups in total. The fraction of sp³-hybridized carbons (Fsp3) is 0.458. The van der Waals surface area contributed by atoms with Gasteiger partial charge in [0, 0.05) is 75.6 Å². The molecule has 2 aromatic rings. The first kappa shape index (κ1) is 24.9. The number of fused-ring (bicyclic) bond motifs is 1. The Kier molecular flexibility index (Phi) is 7.19. The van der Waals surface area contributed by atoms with Crippen molar-refractivity contribution in [1.82, 2.24) is 13.5 Å². The van der Waals surface area contributed by atoms with E-state index in [9.17, 15) is 17.6 Å². The number of hydrogen-bond acceptors (Lipinski definition) is 4. The van der Waals surface area contributed by atoms with E-state index in [2.05, 4.69) is 17.9 Å². The van der Waals surface area contributed by atoms with E-state index >= 15 is 0 Å². The quantitative estimate of drug-likeness (QED) is 0.622. The number of amides is 1. The molecule has 1 fully saturated rings. The second kappa shape index (κ2) is 9.81. The van der Waals surface area contributed by atoms with Gasteiger partial charge in [-0.05, 0) is 48.7 Å². The molecule has 1 saturated heterocycles. The Labute approximate surface area is 205 Å². The topological polar surface area (TPSA) is 64.2 Å². The summed E-state index contributed by atoms with van der Waals surface area (Å²) in [5.74, 6) is -0.426. The van der Waals surface area contributed by atoms with E-state index in [-0.39, 0.29) is 35.6 Å². The highest BCUT2D eigenvalue weighted by Gasteiger charge is 2.32. The van der Waals surface area contributed by atoms with Gasteiger partial charge in [0.15, 0.2) is 0 Å². The van der Waals surface area contributed by atoms with Crippen LogP contribution in [0.5, 0.6) is 0 Å². The first-order valence-electron chi connectivity index (χ1n) is 11.4. The number of rotatable bonds is 5. The number of carbonyl (C=O) groups excluding carboxylic acids is 1. The zero-order valence-electron chi connectivity index (χ0n) is 19.7. The molecule has 2 heterocycles. The maximum Gasteiger partial charge on any atom is 0.282 e. The molecule has 0 aliphatic carbocycles. The number of benzene rings is 2. The van der Waals surface area contributed by atoms with Crippen LogP contribution in [0.25, 0.3) is 0 Å². The zero-order valence-corrected chi connectivity index (χ0v) is 21.2. The fourth-order valence-corrected chi connectivity index (χ4v) is 6.23. The van der Waals surface area contributed by atoms with E-state index in [1.807, 2.05) is 17.0 Å². The molecule has 34 heavy (non-hydrogen) atoms. The van der Waals surface area contributed by atoms with Gasteiger partial charge >= 0.3 is 0 Å². The van der Waals surface area contributed by atoms with Crippen LogP contribution < -0.4 is 4.90 Å². The molecule has 10 heteroatoms. The molecule has 0 bridgehead atoms. The second-order valence-electron chi connectivity index (χ2n) is 9.01. The molecule has 2 aliphatic heterocycles. The van der Waals surface area contributed by atoms with Crippen LogP contribution in [-0.4, -0.2) is 67.1 Å². The molecule has 2 aromatic carbocycles. The summed E-state index contributed by atoms with van der Waals surface area (Å²) >= 11 is 6.09. The van der Waals surface area contributed by atoms with Crippen LogP contribution in [0, 0.1) is 5.82 Å². The van der Waals surface area contributed by atoms with Crippen molar-refractivity contribution in [1.29, 1.82) is 0 Å². The first-order valence-corrected chi connectivity index (χ1v) is 13.1. The van der Waals surface area contributed by atoms with Gasteiger partial charge in [-0.25, -0.2) is 4.39 Å². The van der Waals surface area contributed by atoms with Crippen molar-refractivity contribution >= 4 is 33.4 Å². The summed E-state index contributed by atoms with van der Waals surface area (Å²) in [7, 11) is -2.35. The number of piperazine rings is 1. The number of carbonyl (C=O) groups is 1. The monoisotopic (exact) mass is 508 g/mol. The third-order valence-corrected chi connectivity index (χ3v) is 8.97. The Morgan fingerprint density at radius 1 is 1.18 bits per heavy atom. The van der Waals surface area contributed by atoms with Crippen LogP contribution in [0.2, 0.25) is 5.02 Å². The predicted molar refractivity (Wildman–Crippen MR) is 131 cm³/mol. The molecule has 0 saturated carbocycles. The van der Waals surface area contributed by atoms with Crippen molar-refractivity contribution in [2.24, 2.45) is 0 Å². The highest BCUT2D eigenvalue weighted by molar-refractivity contribution is 7.86. The number of nitrogens with zero attached hydrogens (tertiary/aromatic N) is 4. The predicted octanol–water partition coefficient (Wildman–Crippen LogP) is 3.27. The molecule has 2 aliphatic rings. The lowest BCUT2D eigenvalue weighted by atomic mass is 9.99. The summed E-state index contributed by atoms with van der Waals surface area (Å²) in [6, 6.07) is 10.7. The number of hydrogen-bond donors (Lipinski definition) is 0. The molecule has 0 aromatic heterocycles. The summed E-state index contributed by atoms with van der Waals surface area (Å²) in [5, 5.41) is 0.205. The van der Waals surface area contributed by atoms with Crippen LogP contribution in [0.3, 0.4) is 0 Å². The van der Waals surface area contributed by atoms with E-state index in [4.69, 9.17) is 11.6 Å². The van der Waals surface area contributed by atoms with Crippen LogP contribution in [0.1, 0.15) is 30.5 Å². The fourth-order valence-electron chi connectivity index (χ4n) is 4.70. The van der Waals surface area contributed by atoms with Crippen LogP contribution in [0.15, 0.2) is 36.4 Å². The summed E-state index contributed by atoms with van der Waals surface area (Å²) in [6.07, 6.45) is 0.596. The first-order chi connectivity index (χ1) is 16.1. The Bertz CT molecular complexity index is 1170. The molecule has 1 amide bonds. The summed E-state index contributed by atoms with van der Waals surface area (Å²) in [5.41, 5.74) is 3.35. The third-order valence-electron chi connectivity index (χ3n) is 6.73. The minimum Gasteiger partial charge on any atom is -0.365 e. The highest BCUT2D eigenvalue weighted by Crippen LogP contribution is 2.29. The molecule has 184 valence electrons. The standard InChI is InChI=1S/C24H30ClFN4O3S/c1-17-14-28(18(2)31)11-12-30(17)21-8-7-20-15-29(10-9-19(20)13-21)34(32,33)27(3)16-22-23(25)5-4-6-24(22)26/h4-8,13,17H,9-12,14-16H2,1-3H3/t17-/m1/s1. The number of halogens is 2. The van der Waals surface area contributed by atoms with Gasteiger partial charge in [-0.1, -0.05) is 23.7 Å². The minimum absolute atomic E-state index is 0.0977. The van der Waals surface area contributed by atoms with Gasteiger partial charge < -0.3 is 9.80 Å². The summed E-state index contributed by atoms with van der Waals surface area (Å²) < 4.78 is 43.2. The number of anilines is 1. The van der Waals surface area contributed by atoms with Crippen molar-refractivity contribution in [2.45, 2.75) is 39.4 Å². The Hall–Kier alpha value is -2.20. The Morgan fingerprint density at radius 2 is 1.94 bits per heavy atom. The van der Waals surface area contributed by atoms with Crippen molar-refractivity contribution in [3.63, 3.8) is 0 Å². The Morgan fingerprint density at radius 3 is 2.62 bits per heavy atom. The minimum atomic E-state index is -3.80. The van der Waals surface area contributed by atoms with Crippen molar-refractivity contribution < 1.29 is 17.6 Å². The summed E-state index contributed by atoms with van der Waals surface area (Å²) in [4.78, 5) is 15.9. The lowest BCUT2D eigenvalue weighted by molar-refractivity contribution is -0.129. The maximum atomic E-state index is 14.2. The molecule has 0 radical (unpaired) electrons. The average molecular weight is 509 g/mol. The third kappa shape index (κ3) is 4.93. The molecule has 1 atom stereocenters. The van der Waals surface area contributed by atoms with E-state index < -0.39 is 16.0 Å². The zero-order chi connectivity index (χ0) is 24.6. The van der Waals surface area contributed by atoms with Gasteiger partial charge in [0.05, 0.1) is 0 Å². The van der Waals surface area contributed by atoms with Gasteiger partial charge in [0.2, 0.25) is 5.91 Å². The Balaban J connectivity index is 1.47. The van der Waals surface area contributed by atoms with Gasteiger partial charge in [0.1, 0.15) is 5.82 Å². The highest BCUT2D eigenvalue weighted by atomic mass is 35.5. The normalized spacial score (nSPS) is 19.4. The van der Waals surface area contributed by atoms with Gasteiger partial charge in [-0.2, -0.15) is 17.0 Å². The lowest BCUT2D eigenvalue weighted by Gasteiger charge is -2.41. The van der Waals surface area contributed by atoms with Gasteiger partial charge in [0.25, 0.3) is 10.2 Å². The van der Waals surface area contributed by atoms with Crippen molar-refractivity contribution in [3.8, 4) is 0 Å². The van der Waals surface area contributed by atoms with Crippen molar-refractivity contribution in [3.05, 3.63) is 63.9 Å². The molecular weight excluding hydrogens is 479 g/mol. The molecule has 0 spiro atoms. The average Bonchev–Trinajstić information content (AvgIpc) is 2.80. The maximum absolute atomic E-state index is 14.2. The van der Waals surface area contributed by atoms with Gasteiger partial charge in [-0.3, -0.25) is 4.79 Å². The van der Waals surface area contributed by atoms with Crippen molar-refractivity contribution in [2.75, 3.05) is 38.1 Å². The molecule has 0 unspecified atom stereocenters. The smallest absolute Gasteiger partial charge is 0.282 e. The SMILES string of the molecule is CC(=O)N1CCN(c2ccc3c(c2)CCN(S(=O)(=O)N(C)Cc2c(F)cccc2Cl)C3)[C@H](C)C1. The van der Waals surface area contributed by atoms with E-state index in [1.54, 1.807) is 13.0 Å². The second-order valence-corrected chi connectivity index (χ2v) is 11.5. The van der Waals surface area contributed by atoms with Gasteiger partial charge in [-0.15, -0.1) is 0 Å². The largest absolute Gasteiger partial charge is 0.365 e.